The zero-order valence-corrected chi connectivity index (χ0v) is 7.67. The predicted octanol–water partition coefficient (Wildman–Crippen LogP) is 1.41. The van der Waals surface area contributed by atoms with Gasteiger partial charge in [0.25, 0.3) is 5.91 Å². The van der Waals surface area contributed by atoms with E-state index in [4.69, 9.17) is 4.74 Å². The lowest BCUT2D eigenvalue weighted by molar-refractivity contribution is -0.116. The molecule has 2 rings (SSSR count). The maximum absolute atomic E-state index is 11.2. The van der Waals surface area contributed by atoms with Crippen molar-refractivity contribution in [3.63, 3.8) is 0 Å². The monoisotopic (exact) mass is 191 g/mol. The van der Waals surface area contributed by atoms with E-state index in [2.05, 4.69) is 10.3 Å². The number of amides is 1. The topological polar surface area (TPSA) is 54.3 Å². The number of carbonyl (C=O) groups excluding carboxylic acids is 1. The standard InChI is InChI=1S/C9H9N3O2/c1-14-8-4-2-7(3-5-8)12-9(13)6-10-11-12/h2-5H,6H2,1H3. The van der Waals surface area contributed by atoms with Crippen molar-refractivity contribution in [2.24, 2.45) is 10.3 Å². The summed E-state index contributed by atoms with van der Waals surface area (Å²) in [4.78, 5) is 11.2. The van der Waals surface area contributed by atoms with Crippen LogP contribution in [0.15, 0.2) is 34.6 Å². The molecule has 1 aliphatic heterocycles. The average Bonchev–Trinajstić information content (AvgIpc) is 2.65. The van der Waals surface area contributed by atoms with Crippen molar-refractivity contribution >= 4 is 11.6 Å². The van der Waals surface area contributed by atoms with E-state index in [0.717, 1.165) is 5.75 Å². The lowest BCUT2D eigenvalue weighted by atomic mass is 10.3. The molecule has 0 N–H and O–H groups in total. The number of nitrogens with zero attached hydrogens (tertiary/aromatic N) is 3. The molecule has 0 aliphatic carbocycles. The van der Waals surface area contributed by atoms with Gasteiger partial charge in [-0.2, -0.15) is 10.1 Å². The summed E-state index contributed by atoms with van der Waals surface area (Å²) in [6.45, 7) is 0.131. The summed E-state index contributed by atoms with van der Waals surface area (Å²) in [6, 6.07) is 7.08. The van der Waals surface area contributed by atoms with E-state index in [1.54, 1.807) is 31.4 Å². The third kappa shape index (κ3) is 1.44. The second-order valence-electron chi connectivity index (χ2n) is 2.79. The molecule has 0 atom stereocenters. The van der Waals surface area contributed by atoms with Crippen LogP contribution in [0.3, 0.4) is 0 Å². The Balaban J connectivity index is 2.24. The number of carbonyl (C=O) groups is 1. The highest BCUT2D eigenvalue weighted by atomic mass is 16.5. The molecule has 14 heavy (non-hydrogen) atoms. The third-order valence-electron chi connectivity index (χ3n) is 1.91. The molecule has 1 heterocycles. The Bertz CT molecular complexity index is 372. The number of anilines is 1. The van der Waals surface area contributed by atoms with Crippen molar-refractivity contribution in [2.75, 3.05) is 18.7 Å². The molecule has 1 aromatic rings. The number of hydrogen-bond acceptors (Lipinski definition) is 4. The van der Waals surface area contributed by atoms with Crippen LogP contribution < -0.4 is 9.75 Å². The smallest absolute Gasteiger partial charge is 0.272 e. The molecular formula is C9H9N3O2. The van der Waals surface area contributed by atoms with Gasteiger partial charge in [0, 0.05) is 0 Å². The van der Waals surface area contributed by atoms with Gasteiger partial charge in [0.05, 0.1) is 12.8 Å². The lowest BCUT2D eigenvalue weighted by Crippen LogP contribution is -2.21. The fourth-order valence-corrected chi connectivity index (χ4v) is 1.19. The van der Waals surface area contributed by atoms with Gasteiger partial charge >= 0.3 is 0 Å². The Kier molecular flexibility index (Phi) is 2.14. The highest BCUT2D eigenvalue weighted by Crippen LogP contribution is 2.21. The summed E-state index contributed by atoms with van der Waals surface area (Å²) in [5.41, 5.74) is 0.706. The molecule has 1 aromatic carbocycles. The van der Waals surface area contributed by atoms with Gasteiger partial charge in [0.15, 0.2) is 0 Å². The van der Waals surface area contributed by atoms with Crippen LogP contribution >= 0.6 is 0 Å². The first-order chi connectivity index (χ1) is 6.81. The van der Waals surface area contributed by atoms with E-state index in [1.165, 1.54) is 5.01 Å². The van der Waals surface area contributed by atoms with Crippen LogP contribution in [-0.4, -0.2) is 19.6 Å². The van der Waals surface area contributed by atoms with Crippen molar-refractivity contribution in [3.05, 3.63) is 24.3 Å². The van der Waals surface area contributed by atoms with Gasteiger partial charge in [-0.1, -0.05) is 5.22 Å². The first-order valence-corrected chi connectivity index (χ1v) is 4.15. The van der Waals surface area contributed by atoms with Crippen LogP contribution in [0.5, 0.6) is 5.75 Å². The van der Waals surface area contributed by atoms with Crippen molar-refractivity contribution < 1.29 is 9.53 Å². The minimum Gasteiger partial charge on any atom is -0.497 e. The summed E-state index contributed by atoms with van der Waals surface area (Å²) in [7, 11) is 1.59. The van der Waals surface area contributed by atoms with Crippen molar-refractivity contribution in [2.45, 2.75) is 0 Å². The van der Waals surface area contributed by atoms with Crippen LogP contribution in [0.1, 0.15) is 0 Å². The third-order valence-corrected chi connectivity index (χ3v) is 1.91. The van der Waals surface area contributed by atoms with Gasteiger partial charge in [-0.25, -0.2) is 0 Å². The highest BCUT2D eigenvalue weighted by Gasteiger charge is 2.19. The Labute approximate surface area is 81.0 Å². The van der Waals surface area contributed by atoms with Crippen LogP contribution in [0.4, 0.5) is 5.69 Å². The van der Waals surface area contributed by atoms with Crippen molar-refractivity contribution in [1.29, 1.82) is 0 Å². The van der Waals surface area contributed by atoms with Gasteiger partial charge < -0.3 is 4.74 Å². The molecule has 0 bridgehead atoms. The summed E-state index contributed by atoms with van der Waals surface area (Å²) < 4.78 is 5.00. The quantitative estimate of drug-likeness (QED) is 0.709. The highest BCUT2D eigenvalue weighted by molar-refractivity contribution is 5.95. The zero-order chi connectivity index (χ0) is 9.97. The van der Waals surface area contributed by atoms with Crippen LogP contribution in [0.2, 0.25) is 0 Å². The van der Waals surface area contributed by atoms with Gasteiger partial charge in [0.1, 0.15) is 12.3 Å². The van der Waals surface area contributed by atoms with Gasteiger partial charge in [-0.3, -0.25) is 4.79 Å². The first kappa shape index (κ1) is 8.68. The molecular weight excluding hydrogens is 182 g/mol. The molecule has 0 fully saturated rings. The van der Waals surface area contributed by atoms with Crippen LogP contribution in [0, 0.1) is 0 Å². The average molecular weight is 191 g/mol. The second kappa shape index (κ2) is 3.45. The zero-order valence-electron chi connectivity index (χ0n) is 7.67. The Morgan fingerprint density at radius 3 is 2.57 bits per heavy atom. The van der Waals surface area contributed by atoms with Gasteiger partial charge in [0.2, 0.25) is 0 Å². The maximum atomic E-state index is 11.2. The van der Waals surface area contributed by atoms with Gasteiger partial charge in [-0.05, 0) is 24.3 Å². The Morgan fingerprint density at radius 1 is 1.36 bits per heavy atom. The molecule has 0 saturated carbocycles. The van der Waals surface area contributed by atoms with E-state index >= 15 is 0 Å². The normalized spacial score (nSPS) is 14.9. The van der Waals surface area contributed by atoms with E-state index < -0.39 is 0 Å². The van der Waals surface area contributed by atoms with E-state index in [1.807, 2.05) is 0 Å². The lowest BCUT2D eigenvalue weighted by Gasteiger charge is -2.09. The Morgan fingerprint density at radius 2 is 2.07 bits per heavy atom. The summed E-state index contributed by atoms with van der Waals surface area (Å²) in [5.74, 6) is 0.632. The van der Waals surface area contributed by atoms with E-state index in [0.29, 0.717) is 5.69 Å². The Hall–Kier alpha value is -1.91. The number of hydrogen-bond donors (Lipinski definition) is 0. The second-order valence-corrected chi connectivity index (χ2v) is 2.79. The number of benzene rings is 1. The minimum absolute atomic E-state index is 0.116. The van der Waals surface area contributed by atoms with Crippen LogP contribution in [-0.2, 0) is 4.79 Å². The summed E-state index contributed by atoms with van der Waals surface area (Å²) in [5, 5.41) is 8.62. The number of rotatable bonds is 2. The minimum atomic E-state index is -0.116. The molecule has 0 aromatic heterocycles. The van der Waals surface area contributed by atoms with E-state index in [9.17, 15) is 4.79 Å². The fraction of sp³-hybridized carbons (Fsp3) is 0.222. The van der Waals surface area contributed by atoms with Gasteiger partial charge in [-0.15, -0.1) is 0 Å². The molecule has 0 spiro atoms. The number of ether oxygens (including phenoxy) is 1. The first-order valence-electron chi connectivity index (χ1n) is 4.15. The molecule has 72 valence electrons. The fourth-order valence-electron chi connectivity index (χ4n) is 1.19. The molecule has 1 amide bonds. The van der Waals surface area contributed by atoms with Crippen molar-refractivity contribution in [3.8, 4) is 5.75 Å². The van der Waals surface area contributed by atoms with Crippen LogP contribution in [0.25, 0.3) is 0 Å². The molecule has 0 unspecified atom stereocenters. The summed E-state index contributed by atoms with van der Waals surface area (Å²) >= 11 is 0. The van der Waals surface area contributed by atoms with Crippen molar-refractivity contribution in [1.82, 2.24) is 0 Å². The van der Waals surface area contributed by atoms with E-state index in [-0.39, 0.29) is 12.5 Å². The largest absolute Gasteiger partial charge is 0.497 e. The molecule has 5 nitrogen and oxygen atoms in total. The SMILES string of the molecule is COc1ccc(N2N=NCC2=O)cc1. The molecule has 0 saturated heterocycles. The predicted molar refractivity (Wildman–Crippen MR) is 50.2 cm³/mol. The number of methoxy groups -OCH3 is 1. The maximum Gasteiger partial charge on any atom is 0.272 e. The summed E-state index contributed by atoms with van der Waals surface area (Å²) in [6.07, 6.45) is 0. The molecule has 0 radical (unpaired) electrons. The molecule has 1 aliphatic rings. The molecule has 5 heteroatoms.